The van der Waals surface area contributed by atoms with Crippen LogP contribution in [0.2, 0.25) is 0 Å². The third kappa shape index (κ3) is 6.22. The van der Waals surface area contributed by atoms with Gasteiger partial charge in [-0.25, -0.2) is 9.78 Å². The van der Waals surface area contributed by atoms with Gasteiger partial charge in [0.2, 0.25) is 0 Å². The Labute approximate surface area is 215 Å². The summed E-state index contributed by atoms with van der Waals surface area (Å²) in [6, 6.07) is 10.2. The Balaban J connectivity index is 1.37. The van der Waals surface area contributed by atoms with E-state index in [1.807, 2.05) is 32.0 Å². The second-order valence-electron chi connectivity index (χ2n) is 8.70. The maximum Gasteiger partial charge on any atom is 0.573 e. The lowest BCUT2D eigenvalue weighted by Gasteiger charge is -2.35. The van der Waals surface area contributed by atoms with E-state index in [1.54, 1.807) is 9.80 Å². The molecule has 0 radical (unpaired) electrons. The summed E-state index contributed by atoms with van der Waals surface area (Å²) in [7, 11) is 0. The van der Waals surface area contributed by atoms with Crippen LogP contribution in [-0.2, 0) is 0 Å². The van der Waals surface area contributed by atoms with Gasteiger partial charge in [0.1, 0.15) is 10.1 Å². The fourth-order valence-electron chi connectivity index (χ4n) is 4.18. The summed E-state index contributed by atoms with van der Waals surface area (Å²) >= 11 is 5.74. The zero-order valence-corrected chi connectivity index (χ0v) is 21.3. The van der Waals surface area contributed by atoms with Gasteiger partial charge in [0.15, 0.2) is 0 Å². The number of hydrogen-bond acceptors (Lipinski definition) is 6. The first-order chi connectivity index (χ1) is 17.0. The van der Waals surface area contributed by atoms with Crippen molar-refractivity contribution in [2.75, 3.05) is 18.0 Å². The van der Waals surface area contributed by atoms with Crippen LogP contribution in [0.3, 0.4) is 0 Å². The van der Waals surface area contributed by atoms with Gasteiger partial charge in [0, 0.05) is 36.4 Å². The smallest absolute Gasteiger partial charge is 0.406 e. The summed E-state index contributed by atoms with van der Waals surface area (Å²) in [5, 5.41) is 3.06. The molecule has 1 aliphatic rings. The number of nitrogens with one attached hydrogen (secondary N) is 1. The molecule has 0 atom stereocenters. The number of aromatic nitrogens is 1. The minimum absolute atomic E-state index is 0.0984. The van der Waals surface area contributed by atoms with E-state index in [2.05, 4.69) is 27.7 Å². The number of fused-ring (bicyclic) bond motifs is 1. The van der Waals surface area contributed by atoms with Crippen LogP contribution in [-0.4, -0.2) is 53.4 Å². The minimum Gasteiger partial charge on any atom is -0.406 e. The molecule has 1 N–H and O–H groups in total. The Bertz CT molecular complexity index is 1260. The number of amides is 3. The molecule has 192 valence electrons. The Morgan fingerprint density at radius 3 is 2.58 bits per heavy atom. The first-order valence-corrected chi connectivity index (χ1v) is 12.6. The maximum atomic E-state index is 13.2. The van der Waals surface area contributed by atoms with Crippen molar-refractivity contribution in [2.45, 2.75) is 49.5 Å². The quantitative estimate of drug-likeness (QED) is 0.408. The van der Waals surface area contributed by atoms with Crippen molar-refractivity contribution < 1.29 is 27.5 Å². The Morgan fingerprint density at radius 1 is 1.19 bits per heavy atom. The molecule has 0 saturated carbocycles. The molecule has 3 aromatic rings. The lowest BCUT2D eigenvalue weighted by Crippen LogP contribution is -2.52. The maximum absolute atomic E-state index is 13.2. The van der Waals surface area contributed by atoms with E-state index in [4.69, 9.17) is 0 Å². The highest BCUT2D eigenvalue weighted by atomic mass is 32.2. The molecule has 1 fully saturated rings. The molecule has 2 heterocycles. The number of rotatable bonds is 5. The summed E-state index contributed by atoms with van der Waals surface area (Å²) in [5.41, 5.74) is 1.69. The van der Waals surface area contributed by atoms with Gasteiger partial charge >= 0.3 is 12.4 Å². The predicted octanol–water partition coefficient (Wildman–Crippen LogP) is 5.71. The number of urea groups is 1. The fraction of sp³-hybridized carbons (Fsp3) is 0.375. The summed E-state index contributed by atoms with van der Waals surface area (Å²) < 4.78 is 43.0. The zero-order chi connectivity index (χ0) is 26.0. The van der Waals surface area contributed by atoms with Gasteiger partial charge < -0.3 is 15.0 Å². The average molecular weight is 539 g/mol. The monoisotopic (exact) mass is 538 g/mol. The minimum atomic E-state index is -4.83. The lowest BCUT2D eigenvalue weighted by molar-refractivity contribution is -0.274. The first kappa shape index (κ1) is 26.1. The Kier molecular flexibility index (Phi) is 7.65. The number of thiol groups is 1. The van der Waals surface area contributed by atoms with Gasteiger partial charge in [-0.2, -0.15) is 0 Å². The molecule has 1 saturated heterocycles. The van der Waals surface area contributed by atoms with E-state index in [1.165, 1.54) is 23.5 Å². The summed E-state index contributed by atoms with van der Waals surface area (Å²) in [5.74, 6) is -0.816. The average Bonchev–Trinajstić information content (AvgIpc) is 3.17. The van der Waals surface area contributed by atoms with Gasteiger partial charge in [-0.05, 0) is 63.1 Å². The van der Waals surface area contributed by atoms with Crippen LogP contribution in [0.1, 0.15) is 37.0 Å². The standard InChI is InChI=1S/C24H25F3N4O3S2/c1-14(2)31(17-6-7-19-20(13-17)36-23(35)29-19)22(33)28-16-8-10-30(11-9-16)21(32)15-4-3-5-18(12-15)34-24(25,26)27/h3-7,12-14,16H,8-11H2,1-2H3,(H,28,33)(H,29,35). The third-order valence-electron chi connectivity index (χ3n) is 5.80. The number of thiazole rings is 1. The number of halogens is 3. The van der Waals surface area contributed by atoms with Crippen LogP contribution < -0.4 is 15.0 Å². The SMILES string of the molecule is CC(C)N(C(=O)NC1CCN(C(=O)c2cccc(OC(F)(F)F)c2)CC1)c1ccc2nc(S)sc2c1. The second-order valence-corrected chi connectivity index (χ2v) is 10.5. The van der Waals surface area contributed by atoms with E-state index in [0.29, 0.717) is 30.3 Å². The molecule has 4 rings (SSSR count). The van der Waals surface area contributed by atoms with E-state index < -0.39 is 12.1 Å². The molecule has 0 unspecified atom stereocenters. The van der Waals surface area contributed by atoms with Crippen LogP contribution in [0.15, 0.2) is 46.8 Å². The highest BCUT2D eigenvalue weighted by molar-refractivity contribution is 7.82. The van der Waals surface area contributed by atoms with Crippen LogP contribution in [0.5, 0.6) is 5.75 Å². The largest absolute Gasteiger partial charge is 0.573 e. The number of alkyl halides is 3. The van der Waals surface area contributed by atoms with Crippen molar-refractivity contribution in [3.63, 3.8) is 0 Å². The molecule has 2 aromatic carbocycles. The van der Waals surface area contributed by atoms with Crippen molar-refractivity contribution in [1.29, 1.82) is 0 Å². The predicted molar refractivity (Wildman–Crippen MR) is 135 cm³/mol. The van der Waals surface area contributed by atoms with Crippen LogP contribution >= 0.6 is 24.0 Å². The molecular formula is C24H25F3N4O3S2. The number of anilines is 1. The van der Waals surface area contributed by atoms with Crippen molar-refractivity contribution >= 4 is 51.8 Å². The summed E-state index contributed by atoms with van der Waals surface area (Å²) in [6.45, 7) is 4.59. The van der Waals surface area contributed by atoms with E-state index >= 15 is 0 Å². The fourth-order valence-corrected chi connectivity index (χ4v) is 5.32. The van der Waals surface area contributed by atoms with Gasteiger partial charge in [0.05, 0.1) is 10.2 Å². The first-order valence-electron chi connectivity index (χ1n) is 11.3. The molecule has 0 spiro atoms. The van der Waals surface area contributed by atoms with Crippen molar-refractivity contribution in [2.24, 2.45) is 0 Å². The van der Waals surface area contributed by atoms with E-state index in [9.17, 15) is 22.8 Å². The lowest BCUT2D eigenvalue weighted by atomic mass is 10.0. The zero-order valence-electron chi connectivity index (χ0n) is 19.6. The number of nitrogens with zero attached hydrogens (tertiary/aromatic N) is 3. The number of ether oxygens (including phenoxy) is 1. The van der Waals surface area contributed by atoms with Crippen molar-refractivity contribution in [1.82, 2.24) is 15.2 Å². The van der Waals surface area contributed by atoms with Crippen LogP contribution in [0.25, 0.3) is 10.2 Å². The molecular weight excluding hydrogens is 513 g/mol. The highest BCUT2D eigenvalue weighted by Crippen LogP contribution is 2.30. The molecule has 0 bridgehead atoms. The molecule has 7 nitrogen and oxygen atoms in total. The Hall–Kier alpha value is -2.99. The van der Waals surface area contributed by atoms with E-state index in [0.717, 1.165) is 28.0 Å². The molecule has 36 heavy (non-hydrogen) atoms. The molecule has 3 amide bonds. The molecule has 1 aliphatic heterocycles. The van der Waals surface area contributed by atoms with Gasteiger partial charge in [0.25, 0.3) is 5.91 Å². The number of piperidine rings is 1. The summed E-state index contributed by atoms with van der Waals surface area (Å²) in [4.78, 5) is 33.6. The van der Waals surface area contributed by atoms with Gasteiger partial charge in [-0.1, -0.05) is 6.07 Å². The topological polar surface area (TPSA) is 74.8 Å². The van der Waals surface area contributed by atoms with Gasteiger partial charge in [-0.3, -0.25) is 9.69 Å². The highest BCUT2D eigenvalue weighted by Gasteiger charge is 2.32. The number of carbonyl (C=O) groups is 2. The molecule has 12 heteroatoms. The van der Waals surface area contributed by atoms with Crippen LogP contribution in [0.4, 0.5) is 23.7 Å². The summed E-state index contributed by atoms with van der Waals surface area (Å²) in [6.07, 6.45) is -3.78. The molecule has 0 aliphatic carbocycles. The number of hydrogen-bond donors (Lipinski definition) is 2. The third-order valence-corrected chi connectivity index (χ3v) is 6.99. The number of likely N-dealkylation sites (tertiary alicyclic amines) is 1. The van der Waals surface area contributed by atoms with Gasteiger partial charge in [-0.15, -0.1) is 37.1 Å². The number of carbonyl (C=O) groups excluding carboxylic acids is 2. The van der Waals surface area contributed by atoms with Crippen molar-refractivity contribution in [3.05, 3.63) is 48.0 Å². The number of benzene rings is 2. The second kappa shape index (κ2) is 10.6. The normalized spacial score (nSPS) is 14.8. The molecule has 1 aromatic heterocycles. The van der Waals surface area contributed by atoms with Crippen molar-refractivity contribution in [3.8, 4) is 5.75 Å². The van der Waals surface area contributed by atoms with Crippen LogP contribution in [0, 0.1) is 0 Å². The Morgan fingerprint density at radius 2 is 1.92 bits per heavy atom. The van der Waals surface area contributed by atoms with E-state index in [-0.39, 0.29) is 29.6 Å².